The summed E-state index contributed by atoms with van der Waals surface area (Å²) >= 11 is 0. The Hall–Kier alpha value is -0.200. The fourth-order valence-corrected chi connectivity index (χ4v) is 1.59. The van der Waals surface area contributed by atoms with E-state index in [0.29, 0.717) is 6.42 Å². The van der Waals surface area contributed by atoms with Crippen LogP contribution in [-0.4, -0.2) is 51.1 Å². The van der Waals surface area contributed by atoms with Gasteiger partial charge in [-0.1, -0.05) is 13.8 Å². The largest absolute Gasteiger partial charge is 0.388 e. The molecule has 5 nitrogen and oxygen atoms in total. The minimum atomic E-state index is -1.44. The van der Waals surface area contributed by atoms with Crippen molar-refractivity contribution in [3.63, 3.8) is 0 Å². The highest BCUT2D eigenvalue weighted by atomic mass is 16.6. The molecule has 0 spiro atoms. The van der Waals surface area contributed by atoms with E-state index in [4.69, 9.17) is 4.74 Å². The van der Waals surface area contributed by atoms with Crippen LogP contribution in [0.3, 0.4) is 0 Å². The quantitative estimate of drug-likeness (QED) is 0.457. The molecule has 0 radical (unpaired) electrons. The van der Waals surface area contributed by atoms with Crippen LogP contribution in [0.25, 0.3) is 0 Å². The fraction of sp³-hybridized carbons (Fsp3) is 1.00. The molecule has 1 unspecified atom stereocenters. The topological polar surface area (TPSA) is 90.2 Å². The van der Waals surface area contributed by atoms with E-state index in [-0.39, 0.29) is 5.92 Å². The van der Waals surface area contributed by atoms with E-state index < -0.39 is 30.7 Å². The Morgan fingerprint density at radius 3 is 2.07 bits per heavy atom. The molecular formula is C9H18O5. The van der Waals surface area contributed by atoms with Crippen LogP contribution >= 0.6 is 0 Å². The van der Waals surface area contributed by atoms with Gasteiger partial charge >= 0.3 is 0 Å². The lowest BCUT2D eigenvalue weighted by Gasteiger charge is -2.38. The Morgan fingerprint density at radius 2 is 1.57 bits per heavy atom. The van der Waals surface area contributed by atoms with Gasteiger partial charge in [-0.25, -0.2) is 0 Å². The highest BCUT2D eigenvalue weighted by molar-refractivity contribution is 4.88. The lowest BCUT2D eigenvalue weighted by atomic mass is 9.93. The highest BCUT2D eigenvalue weighted by Crippen LogP contribution is 2.24. The maximum Gasteiger partial charge on any atom is 0.183 e. The summed E-state index contributed by atoms with van der Waals surface area (Å²) in [4.78, 5) is 0. The lowest BCUT2D eigenvalue weighted by Crippen LogP contribution is -2.57. The Morgan fingerprint density at radius 1 is 1.00 bits per heavy atom. The van der Waals surface area contributed by atoms with Crippen molar-refractivity contribution in [3.8, 4) is 0 Å². The number of hydrogen-bond donors (Lipinski definition) is 4. The standard InChI is InChI=1S/C9H18O5/c1-4(2)3-5-6(10)7(11)8(12)9(13)14-5/h4-13H,3H2,1-2H3/t5-,6+,7+,8-,9?/m1/s1. The third-order valence-corrected chi connectivity index (χ3v) is 2.39. The third kappa shape index (κ3) is 2.43. The number of hydrogen-bond acceptors (Lipinski definition) is 5. The zero-order valence-electron chi connectivity index (χ0n) is 8.37. The van der Waals surface area contributed by atoms with E-state index in [9.17, 15) is 20.4 Å². The van der Waals surface area contributed by atoms with Crippen molar-refractivity contribution in [1.29, 1.82) is 0 Å². The molecule has 0 aromatic rings. The molecule has 84 valence electrons. The number of aliphatic hydroxyl groups is 4. The zero-order chi connectivity index (χ0) is 10.9. The van der Waals surface area contributed by atoms with Gasteiger partial charge in [0.15, 0.2) is 6.29 Å². The summed E-state index contributed by atoms with van der Waals surface area (Å²) in [6.45, 7) is 3.89. The van der Waals surface area contributed by atoms with Crippen LogP contribution < -0.4 is 0 Å². The molecule has 5 heteroatoms. The van der Waals surface area contributed by atoms with E-state index in [0.717, 1.165) is 0 Å². The molecule has 0 saturated carbocycles. The van der Waals surface area contributed by atoms with Crippen LogP contribution in [0, 0.1) is 5.92 Å². The molecule has 0 aromatic heterocycles. The molecule has 1 heterocycles. The van der Waals surface area contributed by atoms with Gasteiger partial charge in [0.05, 0.1) is 6.10 Å². The summed E-state index contributed by atoms with van der Waals surface area (Å²) in [6, 6.07) is 0. The highest BCUT2D eigenvalue weighted by Gasteiger charge is 2.42. The summed E-state index contributed by atoms with van der Waals surface area (Å²) in [6.07, 6.45) is -5.44. The average molecular weight is 206 g/mol. The van der Waals surface area contributed by atoms with Crippen molar-refractivity contribution in [3.05, 3.63) is 0 Å². The van der Waals surface area contributed by atoms with Crippen LogP contribution in [-0.2, 0) is 4.74 Å². The van der Waals surface area contributed by atoms with Gasteiger partial charge in [0.2, 0.25) is 0 Å². The van der Waals surface area contributed by atoms with Crippen LogP contribution in [0.5, 0.6) is 0 Å². The van der Waals surface area contributed by atoms with Crippen molar-refractivity contribution in [2.75, 3.05) is 0 Å². The van der Waals surface area contributed by atoms with E-state index >= 15 is 0 Å². The van der Waals surface area contributed by atoms with Gasteiger partial charge in [-0.3, -0.25) is 0 Å². The predicted octanol–water partition coefficient (Wildman–Crippen LogP) is -1.17. The molecule has 14 heavy (non-hydrogen) atoms. The van der Waals surface area contributed by atoms with Gasteiger partial charge in [-0.2, -0.15) is 0 Å². The molecule has 1 rings (SSSR count). The van der Waals surface area contributed by atoms with Crippen LogP contribution in [0.15, 0.2) is 0 Å². The third-order valence-electron chi connectivity index (χ3n) is 2.39. The Labute approximate surface area is 82.9 Å². The molecule has 0 aliphatic carbocycles. The van der Waals surface area contributed by atoms with Crippen LogP contribution in [0.4, 0.5) is 0 Å². The first-order chi connectivity index (χ1) is 6.43. The van der Waals surface area contributed by atoms with Gasteiger partial charge in [-0.15, -0.1) is 0 Å². The first-order valence-electron chi connectivity index (χ1n) is 4.81. The molecular weight excluding hydrogens is 188 g/mol. The molecule has 1 saturated heterocycles. The second kappa shape index (κ2) is 4.55. The lowest BCUT2D eigenvalue weighted by molar-refractivity contribution is -0.283. The second-order valence-electron chi connectivity index (χ2n) is 4.17. The van der Waals surface area contributed by atoms with Crippen molar-refractivity contribution in [2.24, 2.45) is 5.92 Å². The Balaban J connectivity index is 2.60. The molecule has 0 aromatic carbocycles. The van der Waals surface area contributed by atoms with Gasteiger partial charge in [0, 0.05) is 0 Å². The predicted molar refractivity (Wildman–Crippen MR) is 48.4 cm³/mol. The van der Waals surface area contributed by atoms with Crippen molar-refractivity contribution < 1.29 is 25.2 Å². The van der Waals surface area contributed by atoms with Crippen LogP contribution in [0.1, 0.15) is 20.3 Å². The summed E-state index contributed by atoms with van der Waals surface area (Å²) in [7, 11) is 0. The molecule has 4 N–H and O–H groups in total. The first-order valence-corrected chi connectivity index (χ1v) is 4.81. The summed E-state index contributed by atoms with van der Waals surface area (Å²) in [5, 5.41) is 37.3. The SMILES string of the molecule is CC(C)C[C@H]1OC(O)[C@H](O)[C@@H](O)[C@H]1O. The van der Waals surface area contributed by atoms with Crippen molar-refractivity contribution in [2.45, 2.75) is 51.0 Å². The smallest absolute Gasteiger partial charge is 0.183 e. The normalized spacial score (nSPS) is 44.4. The van der Waals surface area contributed by atoms with Crippen LogP contribution in [0.2, 0.25) is 0 Å². The minimum absolute atomic E-state index is 0.282. The van der Waals surface area contributed by atoms with Gasteiger partial charge in [-0.05, 0) is 12.3 Å². The summed E-state index contributed by atoms with van der Waals surface area (Å²) < 4.78 is 4.99. The van der Waals surface area contributed by atoms with E-state index in [2.05, 4.69) is 0 Å². The van der Waals surface area contributed by atoms with Crippen molar-refractivity contribution >= 4 is 0 Å². The number of ether oxygens (including phenoxy) is 1. The van der Waals surface area contributed by atoms with E-state index in [1.807, 2.05) is 13.8 Å². The monoisotopic (exact) mass is 206 g/mol. The summed E-state index contributed by atoms with van der Waals surface area (Å²) in [5.41, 5.74) is 0. The molecule has 1 fully saturated rings. The minimum Gasteiger partial charge on any atom is -0.388 e. The summed E-state index contributed by atoms with van der Waals surface area (Å²) in [5.74, 6) is 0.282. The Bertz CT molecular complexity index is 184. The number of aliphatic hydroxyl groups excluding tert-OH is 4. The zero-order valence-corrected chi connectivity index (χ0v) is 8.37. The Kier molecular flexibility index (Phi) is 3.86. The molecule has 1 aliphatic rings. The molecule has 1 aliphatic heterocycles. The average Bonchev–Trinajstić information content (AvgIpc) is 2.10. The number of rotatable bonds is 2. The van der Waals surface area contributed by atoms with Gasteiger partial charge in [0.25, 0.3) is 0 Å². The van der Waals surface area contributed by atoms with Crippen molar-refractivity contribution in [1.82, 2.24) is 0 Å². The molecule has 0 bridgehead atoms. The first kappa shape index (κ1) is 11.9. The molecule has 0 amide bonds. The maximum absolute atomic E-state index is 9.53. The fourth-order valence-electron chi connectivity index (χ4n) is 1.59. The second-order valence-corrected chi connectivity index (χ2v) is 4.17. The van der Waals surface area contributed by atoms with Gasteiger partial charge in [0.1, 0.15) is 18.3 Å². The van der Waals surface area contributed by atoms with E-state index in [1.54, 1.807) is 0 Å². The van der Waals surface area contributed by atoms with E-state index in [1.165, 1.54) is 0 Å². The van der Waals surface area contributed by atoms with Gasteiger partial charge < -0.3 is 25.2 Å². The maximum atomic E-state index is 9.53. The molecule has 5 atom stereocenters.